The van der Waals surface area contributed by atoms with Crippen LogP contribution in [0.25, 0.3) is 16.8 Å². The van der Waals surface area contributed by atoms with E-state index < -0.39 is 0 Å². The van der Waals surface area contributed by atoms with Gasteiger partial charge in [-0.1, -0.05) is 41.4 Å². The zero-order chi connectivity index (χ0) is 17.8. The van der Waals surface area contributed by atoms with Crippen molar-refractivity contribution >= 4 is 45.8 Å². The summed E-state index contributed by atoms with van der Waals surface area (Å²) >= 11 is 13.5. The van der Waals surface area contributed by atoms with Gasteiger partial charge in [-0.15, -0.1) is 11.3 Å². The van der Waals surface area contributed by atoms with Crippen molar-refractivity contribution in [3.05, 3.63) is 74.7 Å². The Labute approximate surface area is 160 Å². The largest absolute Gasteiger partial charge is 0.360 e. The van der Waals surface area contributed by atoms with Crippen molar-refractivity contribution in [2.75, 3.05) is 5.32 Å². The molecule has 0 atom stereocenters. The lowest BCUT2D eigenvalue weighted by atomic mass is 10.2. The topological polar surface area (TPSA) is 48.7 Å². The first-order valence-electron chi connectivity index (χ1n) is 7.42. The van der Waals surface area contributed by atoms with E-state index in [9.17, 15) is 5.26 Å². The van der Waals surface area contributed by atoms with E-state index >= 15 is 0 Å². The van der Waals surface area contributed by atoms with Crippen LogP contribution < -0.4 is 5.32 Å². The van der Waals surface area contributed by atoms with Gasteiger partial charge in [-0.25, -0.2) is 4.98 Å². The van der Waals surface area contributed by atoms with Crippen molar-refractivity contribution in [3.8, 4) is 17.3 Å². The number of hydrogen-bond donors (Lipinski definition) is 1. The summed E-state index contributed by atoms with van der Waals surface area (Å²) in [5.41, 5.74) is 4.03. The fourth-order valence-corrected chi connectivity index (χ4v) is 3.30. The van der Waals surface area contributed by atoms with Crippen molar-refractivity contribution in [2.45, 2.75) is 6.92 Å². The summed E-state index contributed by atoms with van der Waals surface area (Å²) < 4.78 is 0. The van der Waals surface area contributed by atoms with Crippen LogP contribution in [0.15, 0.2) is 54.0 Å². The van der Waals surface area contributed by atoms with E-state index in [0.717, 1.165) is 22.5 Å². The van der Waals surface area contributed by atoms with Crippen molar-refractivity contribution in [2.24, 2.45) is 0 Å². The van der Waals surface area contributed by atoms with Crippen LogP contribution in [0.5, 0.6) is 0 Å². The first-order valence-corrected chi connectivity index (χ1v) is 9.06. The van der Waals surface area contributed by atoms with E-state index in [4.69, 9.17) is 23.2 Å². The summed E-state index contributed by atoms with van der Waals surface area (Å²) in [5.74, 6) is 0. The van der Waals surface area contributed by atoms with Crippen molar-refractivity contribution < 1.29 is 0 Å². The number of allylic oxidation sites excluding steroid dienone is 1. The monoisotopic (exact) mass is 385 g/mol. The van der Waals surface area contributed by atoms with Gasteiger partial charge >= 0.3 is 0 Å². The van der Waals surface area contributed by atoms with Crippen LogP contribution in [-0.4, -0.2) is 4.98 Å². The van der Waals surface area contributed by atoms with Crippen molar-refractivity contribution in [3.63, 3.8) is 0 Å². The molecule has 3 aromatic rings. The smallest absolute Gasteiger partial charge is 0.136 e. The SMILES string of the molecule is Cc1c(Cl)cccc1N/C=C(/C#N)c1nc(-c2ccc(Cl)cc2)cs1. The molecule has 1 N–H and O–H groups in total. The van der Waals surface area contributed by atoms with Gasteiger partial charge in [0, 0.05) is 32.9 Å². The lowest BCUT2D eigenvalue weighted by molar-refractivity contribution is 1.36. The highest BCUT2D eigenvalue weighted by atomic mass is 35.5. The van der Waals surface area contributed by atoms with Crippen LogP contribution in [0.1, 0.15) is 10.6 Å². The number of nitriles is 1. The van der Waals surface area contributed by atoms with E-state index in [1.165, 1.54) is 11.3 Å². The van der Waals surface area contributed by atoms with Crippen LogP contribution in [0.3, 0.4) is 0 Å². The maximum Gasteiger partial charge on any atom is 0.136 e. The van der Waals surface area contributed by atoms with Gasteiger partial charge in [-0.05, 0) is 36.8 Å². The molecule has 0 radical (unpaired) electrons. The predicted molar refractivity (Wildman–Crippen MR) is 106 cm³/mol. The highest BCUT2D eigenvalue weighted by Crippen LogP contribution is 2.28. The summed E-state index contributed by atoms with van der Waals surface area (Å²) in [5, 5.41) is 16.5. The third-order valence-electron chi connectivity index (χ3n) is 3.63. The van der Waals surface area contributed by atoms with Gasteiger partial charge in [0.2, 0.25) is 0 Å². The zero-order valence-electron chi connectivity index (χ0n) is 13.3. The molecule has 0 aliphatic carbocycles. The van der Waals surface area contributed by atoms with Crippen LogP contribution in [0.2, 0.25) is 10.0 Å². The molecule has 2 aromatic carbocycles. The molecule has 3 rings (SSSR count). The number of nitrogens with zero attached hydrogens (tertiary/aromatic N) is 2. The average molecular weight is 386 g/mol. The Morgan fingerprint density at radius 3 is 2.68 bits per heavy atom. The molecule has 0 aliphatic rings. The quantitative estimate of drug-likeness (QED) is 0.528. The number of thiazole rings is 1. The molecule has 0 spiro atoms. The van der Waals surface area contributed by atoms with Gasteiger partial charge in [0.05, 0.1) is 5.69 Å². The molecule has 1 heterocycles. The summed E-state index contributed by atoms with van der Waals surface area (Å²) in [4.78, 5) is 4.55. The number of benzene rings is 2. The minimum atomic E-state index is 0.463. The normalized spacial score (nSPS) is 11.2. The Kier molecular flexibility index (Phi) is 5.40. The highest BCUT2D eigenvalue weighted by Gasteiger charge is 2.09. The standard InChI is InChI=1S/C19H13Cl2N3S/c1-12-16(21)3-2-4-17(12)23-10-14(9-22)19-24-18(11-25-19)13-5-7-15(20)8-6-13/h2-8,10-11,23H,1H3/b14-10-. The highest BCUT2D eigenvalue weighted by molar-refractivity contribution is 7.11. The van der Waals surface area contributed by atoms with E-state index in [0.29, 0.717) is 20.6 Å². The zero-order valence-corrected chi connectivity index (χ0v) is 15.6. The minimum absolute atomic E-state index is 0.463. The van der Waals surface area contributed by atoms with Crippen LogP contribution in [0.4, 0.5) is 5.69 Å². The molecule has 0 aliphatic heterocycles. The minimum Gasteiger partial charge on any atom is -0.360 e. The van der Waals surface area contributed by atoms with Gasteiger partial charge in [0.1, 0.15) is 16.6 Å². The summed E-state index contributed by atoms with van der Waals surface area (Å²) in [6.07, 6.45) is 1.66. The summed E-state index contributed by atoms with van der Waals surface area (Å²) in [6, 6.07) is 15.2. The second kappa shape index (κ2) is 7.71. The Morgan fingerprint density at radius 2 is 1.96 bits per heavy atom. The summed E-state index contributed by atoms with van der Waals surface area (Å²) in [7, 11) is 0. The maximum absolute atomic E-state index is 9.46. The molecule has 3 nitrogen and oxygen atoms in total. The molecule has 124 valence electrons. The molecule has 0 saturated carbocycles. The summed E-state index contributed by atoms with van der Waals surface area (Å²) in [6.45, 7) is 1.92. The van der Waals surface area contributed by atoms with Crippen molar-refractivity contribution in [1.29, 1.82) is 5.26 Å². The Morgan fingerprint density at radius 1 is 1.20 bits per heavy atom. The predicted octanol–water partition coefficient (Wildman–Crippen LogP) is 6.40. The molecular formula is C19H13Cl2N3S. The van der Waals surface area contributed by atoms with Crippen molar-refractivity contribution in [1.82, 2.24) is 4.98 Å². The Hall–Kier alpha value is -2.32. The average Bonchev–Trinajstić information content (AvgIpc) is 3.09. The van der Waals surface area contributed by atoms with E-state index in [-0.39, 0.29) is 0 Å². The fourth-order valence-electron chi connectivity index (χ4n) is 2.21. The molecule has 0 unspecified atom stereocenters. The lowest BCUT2D eigenvalue weighted by Crippen LogP contribution is -1.94. The fraction of sp³-hybridized carbons (Fsp3) is 0.0526. The molecule has 25 heavy (non-hydrogen) atoms. The number of anilines is 1. The van der Waals surface area contributed by atoms with Gasteiger partial charge < -0.3 is 5.32 Å². The molecule has 0 bridgehead atoms. The maximum atomic E-state index is 9.46. The van der Waals surface area contributed by atoms with Crippen LogP contribution >= 0.6 is 34.5 Å². The molecule has 0 amide bonds. The molecule has 1 aromatic heterocycles. The number of halogens is 2. The lowest BCUT2D eigenvalue weighted by Gasteiger charge is -2.07. The molecule has 0 fully saturated rings. The third kappa shape index (κ3) is 4.02. The van der Waals surface area contributed by atoms with Gasteiger partial charge in [0.25, 0.3) is 0 Å². The number of rotatable bonds is 4. The van der Waals surface area contributed by atoms with E-state index in [2.05, 4.69) is 16.4 Å². The van der Waals surface area contributed by atoms with Crippen LogP contribution in [-0.2, 0) is 0 Å². The Bertz CT molecular complexity index is 969. The first kappa shape index (κ1) is 17.5. The second-order valence-electron chi connectivity index (χ2n) is 5.27. The number of nitrogens with one attached hydrogen (secondary N) is 1. The Balaban J connectivity index is 1.85. The molecule has 0 saturated heterocycles. The van der Waals surface area contributed by atoms with Gasteiger partial charge in [-0.2, -0.15) is 5.26 Å². The molecular weight excluding hydrogens is 373 g/mol. The number of hydrogen-bond acceptors (Lipinski definition) is 4. The first-order chi connectivity index (χ1) is 12.1. The third-order valence-corrected chi connectivity index (χ3v) is 5.17. The number of aromatic nitrogens is 1. The van der Waals surface area contributed by atoms with Crippen LogP contribution in [0, 0.1) is 18.3 Å². The van der Waals surface area contributed by atoms with Gasteiger partial charge in [0.15, 0.2) is 0 Å². The van der Waals surface area contributed by atoms with E-state index in [1.807, 2.05) is 54.8 Å². The van der Waals surface area contributed by atoms with E-state index in [1.54, 1.807) is 6.20 Å². The van der Waals surface area contributed by atoms with Gasteiger partial charge in [-0.3, -0.25) is 0 Å². The second-order valence-corrected chi connectivity index (χ2v) is 6.97. The molecule has 6 heteroatoms.